The lowest BCUT2D eigenvalue weighted by Crippen LogP contribution is -2.34. The minimum absolute atomic E-state index is 0.196. The first-order valence-electron chi connectivity index (χ1n) is 8.03. The Morgan fingerprint density at radius 2 is 2.14 bits per heavy atom. The first-order chi connectivity index (χ1) is 10.6. The highest BCUT2D eigenvalue weighted by Gasteiger charge is 2.24. The Hall–Kier alpha value is -1.52. The molecule has 4 heteroatoms. The van der Waals surface area contributed by atoms with E-state index in [9.17, 15) is 9.50 Å². The van der Waals surface area contributed by atoms with Crippen molar-refractivity contribution in [3.8, 4) is 0 Å². The molecule has 1 saturated carbocycles. The number of hydrogen-bond donors (Lipinski definition) is 1. The van der Waals surface area contributed by atoms with Gasteiger partial charge >= 0.3 is 0 Å². The summed E-state index contributed by atoms with van der Waals surface area (Å²) in [6.07, 6.45) is 5.85. The molecule has 0 aliphatic heterocycles. The van der Waals surface area contributed by atoms with Gasteiger partial charge in [-0.2, -0.15) is 0 Å². The summed E-state index contributed by atoms with van der Waals surface area (Å²) in [5.41, 5.74) is 1.77. The topological polar surface area (TPSA) is 36.4 Å². The molecule has 118 valence electrons. The van der Waals surface area contributed by atoms with E-state index in [2.05, 4.69) is 9.88 Å². The third kappa shape index (κ3) is 3.45. The fourth-order valence-electron chi connectivity index (χ4n) is 3.50. The minimum Gasteiger partial charge on any atom is -0.393 e. The largest absolute Gasteiger partial charge is 0.393 e. The summed E-state index contributed by atoms with van der Waals surface area (Å²) in [6, 6.07) is 6.81. The zero-order chi connectivity index (χ0) is 15.5. The molecule has 1 aromatic carbocycles. The summed E-state index contributed by atoms with van der Waals surface area (Å²) in [4.78, 5) is 6.56. The van der Waals surface area contributed by atoms with E-state index in [4.69, 9.17) is 0 Å². The SMILES string of the molecule is CN(Cc1cc(F)cc2cccnc12)CC1CCCCC1O. The molecule has 2 unspecified atom stereocenters. The van der Waals surface area contributed by atoms with Gasteiger partial charge in [-0.05, 0) is 49.6 Å². The molecule has 22 heavy (non-hydrogen) atoms. The van der Waals surface area contributed by atoms with Crippen LogP contribution in [0.4, 0.5) is 4.39 Å². The lowest BCUT2D eigenvalue weighted by atomic mass is 9.86. The van der Waals surface area contributed by atoms with Crippen molar-refractivity contribution < 1.29 is 9.50 Å². The second kappa shape index (κ2) is 6.71. The number of nitrogens with zero attached hydrogens (tertiary/aromatic N) is 2. The third-order valence-electron chi connectivity index (χ3n) is 4.60. The fraction of sp³-hybridized carbons (Fsp3) is 0.500. The Labute approximate surface area is 130 Å². The number of aromatic nitrogens is 1. The number of hydrogen-bond acceptors (Lipinski definition) is 3. The molecule has 3 nitrogen and oxygen atoms in total. The summed E-state index contributed by atoms with van der Waals surface area (Å²) in [5, 5.41) is 10.9. The van der Waals surface area contributed by atoms with Crippen molar-refractivity contribution in [1.29, 1.82) is 0 Å². The predicted molar refractivity (Wildman–Crippen MR) is 86.0 cm³/mol. The molecule has 2 aromatic rings. The number of aliphatic hydroxyl groups excluding tert-OH is 1. The summed E-state index contributed by atoms with van der Waals surface area (Å²) in [7, 11) is 2.03. The van der Waals surface area contributed by atoms with Crippen LogP contribution in [0.5, 0.6) is 0 Å². The number of rotatable bonds is 4. The van der Waals surface area contributed by atoms with Crippen LogP contribution in [0, 0.1) is 11.7 Å². The number of halogens is 1. The van der Waals surface area contributed by atoms with Gasteiger partial charge in [-0.25, -0.2) is 4.39 Å². The van der Waals surface area contributed by atoms with E-state index in [0.29, 0.717) is 12.5 Å². The molecule has 0 bridgehead atoms. The molecular formula is C18H23FN2O. The van der Waals surface area contributed by atoms with Gasteiger partial charge in [0.15, 0.2) is 0 Å². The van der Waals surface area contributed by atoms with E-state index in [1.165, 1.54) is 12.5 Å². The fourth-order valence-corrected chi connectivity index (χ4v) is 3.50. The Kier molecular flexibility index (Phi) is 4.69. The van der Waals surface area contributed by atoms with Crippen LogP contribution in [-0.2, 0) is 6.54 Å². The highest BCUT2D eigenvalue weighted by Crippen LogP contribution is 2.26. The van der Waals surface area contributed by atoms with Crippen LogP contribution >= 0.6 is 0 Å². The average molecular weight is 302 g/mol. The van der Waals surface area contributed by atoms with Gasteiger partial charge in [-0.1, -0.05) is 18.9 Å². The normalized spacial score (nSPS) is 22.4. The summed E-state index contributed by atoms with van der Waals surface area (Å²) < 4.78 is 13.8. The van der Waals surface area contributed by atoms with Gasteiger partial charge in [-0.15, -0.1) is 0 Å². The molecule has 1 aromatic heterocycles. The predicted octanol–water partition coefficient (Wildman–Crippen LogP) is 3.36. The van der Waals surface area contributed by atoms with Crippen molar-refractivity contribution >= 4 is 10.9 Å². The molecule has 1 N–H and O–H groups in total. The van der Waals surface area contributed by atoms with Crippen LogP contribution in [0.3, 0.4) is 0 Å². The van der Waals surface area contributed by atoms with Crippen LogP contribution < -0.4 is 0 Å². The zero-order valence-electron chi connectivity index (χ0n) is 13.0. The number of pyridine rings is 1. The van der Waals surface area contributed by atoms with Gasteiger partial charge in [0.25, 0.3) is 0 Å². The van der Waals surface area contributed by atoms with Gasteiger partial charge < -0.3 is 10.0 Å². The van der Waals surface area contributed by atoms with Crippen LogP contribution in [0.2, 0.25) is 0 Å². The maximum atomic E-state index is 13.8. The monoisotopic (exact) mass is 302 g/mol. The molecule has 1 aliphatic rings. The van der Waals surface area contributed by atoms with E-state index in [1.54, 1.807) is 12.3 Å². The maximum absolute atomic E-state index is 13.8. The van der Waals surface area contributed by atoms with E-state index in [0.717, 1.165) is 42.3 Å². The van der Waals surface area contributed by atoms with Crippen LogP contribution in [0.15, 0.2) is 30.5 Å². The maximum Gasteiger partial charge on any atom is 0.124 e. The molecular weight excluding hydrogens is 279 g/mol. The van der Waals surface area contributed by atoms with Crippen molar-refractivity contribution in [2.75, 3.05) is 13.6 Å². The van der Waals surface area contributed by atoms with Crippen molar-refractivity contribution in [2.45, 2.75) is 38.3 Å². The van der Waals surface area contributed by atoms with Gasteiger partial charge in [0.2, 0.25) is 0 Å². The molecule has 1 aliphatic carbocycles. The molecule has 2 atom stereocenters. The van der Waals surface area contributed by atoms with Crippen LogP contribution in [0.1, 0.15) is 31.2 Å². The van der Waals surface area contributed by atoms with Crippen molar-refractivity contribution in [1.82, 2.24) is 9.88 Å². The smallest absolute Gasteiger partial charge is 0.124 e. The molecule has 1 heterocycles. The molecule has 3 rings (SSSR count). The second-order valence-electron chi connectivity index (χ2n) is 6.45. The van der Waals surface area contributed by atoms with Gasteiger partial charge in [0, 0.05) is 24.7 Å². The standard InChI is InChI=1S/C18H23FN2O/c1-21(11-14-5-2-3-7-17(14)22)12-15-10-16(19)9-13-6-4-8-20-18(13)15/h4,6,8-10,14,17,22H,2-3,5,7,11-12H2,1H3. The first kappa shape index (κ1) is 15.4. The Balaban J connectivity index is 1.75. The van der Waals surface area contributed by atoms with E-state index in [1.807, 2.05) is 19.2 Å². The molecule has 0 saturated heterocycles. The molecule has 0 radical (unpaired) electrons. The minimum atomic E-state index is -0.221. The van der Waals surface area contributed by atoms with Crippen molar-refractivity contribution in [2.24, 2.45) is 5.92 Å². The molecule has 0 amide bonds. The second-order valence-corrected chi connectivity index (χ2v) is 6.45. The summed E-state index contributed by atoms with van der Waals surface area (Å²) >= 11 is 0. The average Bonchev–Trinajstić information content (AvgIpc) is 2.49. The lowest BCUT2D eigenvalue weighted by Gasteiger charge is -2.31. The Morgan fingerprint density at radius 3 is 2.95 bits per heavy atom. The zero-order valence-corrected chi connectivity index (χ0v) is 13.0. The molecule has 1 fully saturated rings. The van der Waals surface area contributed by atoms with Gasteiger partial charge in [0.1, 0.15) is 5.82 Å². The highest BCUT2D eigenvalue weighted by atomic mass is 19.1. The van der Waals surface area contributed by atoms with Crippen molar-refractivity contribution in [3.05, 3.63) is 41.8 Å². The Bertz CT molecular complexity index is 646. The van der Waals surface area contributed by atoms with E-state index in [-0.39, 0.29) is 11.9 Å². The number of fused-ring (bicyclic) bond motifs is 1. The summed E-state index contributed by atoms with van der Waals surface area (Å²) in [5.74, 6) is 0.105. The van der Waals surface area contributed by atoms with E-state index < -0.39 is 0 Å². The van der Waals surface area contributed by atoms with Crippen molar-refractivity contribution in [3.63, 3.8) is 0 Å². The van der Waals surface area contributed by atoms with E-state index >= 15 is 0 Å². The highest BCUT2D eigenvalue weighted by molar-refractivity contribution is 5.81. The third-order valence-corrected chi connectivity index (χ3v) is 4.60. The quantitative estimate of drug-likeness (QED) is 0.941. The molecule has 0 spiro atoms. The van der Waals surface area contributed by atoms with Crippen LogP contribution in [0.25, 0.3) is 10.9 Å². The van der Waals surface area contributed by atoms with Gasteiger partial charge in [-0.3, -0.25) is 4.98 Å². The number of aliphatic hydroxyl groups is 1. The van der Waals surface area contributed by atoms with Crippen LogP contribution in [-0.4, -0.2) is 34.7 Å². The number of benzene rings is 1. The summed E-state index contributed by atoms with van der Waals surface area (Å²) in [6.45, 7) is 1.49. The Morgan fingerprint density at radius 1 is 1.32 bits per heavy atom. The lowest BCUT2D eigenvalue weighted by molar-refractivity contribution is 0.0502. The first-order valence-corrected chi connectivity index (χ1v) is 8.03. The van der Waals surface area contributed by atoms with Gasteiger partial charge in [0.05, 0.1) is 11.6 Å².